The molecule has 8 heteroatoms. The topological polar surface area (TPSA) is 81.4 Å². The van der Waals surface area contributed by atoms with Crippen LogP contribution in [-0.2, 0) is 21.3 Å². The third kappa shape index (κ3) is 4.39. The molecule has 0 heterocycles. The van der Waals surface area contributed by atoms with Crippen molar-refractivity contribution in [1.82, 2.24) is 5.32 Å². The monoisotopic (exact) mass is 346 g/mol. The molecule has 1 aromatic rings. The molecule has 0 saturated carbocycles. The largest absolute Gasteiger partial charge is 0.436 e. The normalized spacial score (nSPS) is 14.6. The smallest absolute Gasteiger partial charge is 0.416 e. The van der Waals surface area contributed by atoms with Gasteiger partial charge in [-0.05, 0) is 17.7 Å². The summed E-state index contributed by atoms with van der Waals surface area (Å²) in [7, 11) is 0. The summed E-state index contributed by atoms with van der Waals surface area (Å²) < 4.78 is 44.3. The maximum Gasteiger partial charge on any atom is 0.416 e. The van der Waals surface area contributed by atoms with Crippen LogP contribution in [0.3, 0.4) is 0 Å². The number of ether oxygens (including phenoxy) is 1. The van der Waals surface area contributed by atoms with Crippen molar-refractivity contribution in [1.29, 1.82) is 0 Å². The molecule has 1 atom stereocenters. The maximum absolute atomic E-state index is 13.0. The van der Waals surface area contributed by atoms with Gasteiger partial charge in [0.05, 0.1) is 12.1 Å². The zero-order valence-corrected chi connectivity index (χ0v) is 14.0. The summed E-state index contributed by atoms with van der Waals surface area (Å²) in [4.78, 5) is 22.7. The van der Waals surface area contributed by atoms with E-state index in [0.29, 0.717) is 0 Å². The molecule has 0 aliphatic carbocycles. The average Bonchev–Trinajstić information content (AvgIpc) is 2.40. The lowest BCUT2D eigenvalue weighted by Gasteiger charge is -2.44. The van der Waals surface area contributed by atoms with E-state index in [2.05, 4.69) is 5.32 Å². The van der Waals surface area contributed by atoms with Crippen molar-refractivity contribution < 1.29 is 27.5 Å². The third-order valence-corrected chi connectivity index (χ3v) is 3.73. The number of hydrogen-bond donors (Lipinski definition) is 2. The van der Waals surface area contributed by atoms with Gasteiger partial charge in [-0.25, -0.2) is 4.79 Å². The molecular formula is C16H21F3N2O3. The van der Waals surface area contributed by atoms with Gasteiger partial charge in [-0.1, -0.05) is 32.9 Å². The van der Waals surface area contributed by atoms with E-state index in [4.69, 9.17) is 10.5 Å². The fourth-order valence-electron chi connectivity index (χ4n) is 2.42. The molecule has 1 aromatic carbocycles. The summed E-state index contributed by atoms with van der Waals surface area (Å²) in [6, 6.07) is 4.44. The first-order valence-electron chi connectivity index (χ1n) is 7.20. The van der Waals surface area contributed by atoms with Gasteiger partial charge in [-0.3, -0.25) is 4.79 Å². The third-order valence-electron chi connectivity index (χ3n) is 3.73. The van der Waals surface area contributed by atoms with E-state index in [1.165, 1.54) is 19.1 Å². The second-order valence-electron chi connectivity index (χ2n) is 6.49. The van der Waals surface area contributed by atoms with Crippen LogP contribution in [0.1, 0.15) is 38.8 Å². The molecule has 1 unspecified atom stereocenters. The first-order valence-corrected chi connectivity index (χ1v) is 7.20. The van der Waals surface area contributed by atoms with Crippen molar-refractivity contribution in [3.63, 3.8) is 0 Å². The number of carbonyl (C=O) groups is 2. The molecule has 0 spiro atoms. The summed E-state index contributed by atoms with van der Waals surface area (Å²) >= 11 is 0. The van der Waals surface area contributed by atoms with E-state index in [-0.39, 0.29) is 12.1 Å². The van der Waals surface area contributed by atoms with Crippen LogP contribution in [0.25, 0.3) is 0 Å². The van der Waals surface area contributed by atoms with Gasteiger partial charge < -0.3 is 15.8 Å². The van der Waals surface area contributed by atoms with Crippen molar-refractivity contribution in [2.24, 2.45) is 11.1 Å². The highest BCUT2D eigenvalue weighted by atomic mass is 19.4. The summed E-state index contributed by atoms with van der Waals surface area (Å²) in [5.74, 6) is -0.413. The highest BCUT2D eigenvalue weighted by Crippen LogP contribution is 2.44. The number of alkyl halides is 3. The van der Waals surface area contributed by atoms with E-state index in [1.807, 2.05) is 0 Å². The van der Waals surface area contributed by atoms with Gasteiger partial charge in [0.15, 0.2) is 5.60 Å². The minimum atomic E-state index is -4.56. The van der Waals surface area contributed by atoms with Gasteiger partial charge in [0, 0.05) is 12.3 Å². The van der Waals surface area contributed by atoms with Gasteiger partial charge in [0.2, 0.25) is 5.91 Å². The van der Waals surface area contributed by atoms with E-state index in [1.54, 1.807) is 20.8 Å². The van der Waals surface area contributed by atoms with Gasteiger partial charge >= 0.3 is 12.3 Å². The van der Waals surface area contributed by atoms with E-state index in [0.717, 1.165) is 12.1 Å². The molecule has 0 aromatic heterocycles. The van der Waals surface area contributed by atoms with Crippen LogP contribution in [0.5, 0.6) is 0 Å². The van der Waals surface area contributed by atoms with Gasteiger partial charge in [0.1, 0.15) is 0 Å². The van der Waals surface area contributed by atoms with Crippen LogP contribution in [0.2, 0.25) is 0 Å². The first kappa shape index (κ1) is 19.8. The Morgan fingerprint density at radius 2 is 1.71 bits per heavy atom. The highest BCUT2D eigenvalue weighted by Gasteiger charge is 2.48. The standard InChI is InChI=1S/C16H21F3N2O3/c1-10(22)21-9-15(14(2,3)4,24-13(20)23)11-6-5-7-12(8-11)16(17,18)19/h5-8H,9H2,1-4H3,(H2,20,23)(H,21,22). The number of benzene rings is 1. The fraction of sp³-hybridized carbons (Fsp3) is 0.500. The van der Waals surface area contributed by atoms with Gasteiger partial charge in [-0.15, -0.1) is 0 Å². The predicted octanol–water partition coefficient (Wildman–Crippen LogP) is 3.18. The van der Waals surface area contributed by atoms with Gasteiger partial charge in [0.25, 0.3) is 0 Å². The molecule has 134 valence electrons. The molecule has 0 radical (unpaired) electrons. The lowest BCUT2D eigenvalue weighted by Crippen LogP contribution is -2.52. The Balaban J connectivity index is 3.55. The van der Waals surface area contributed by atoms with Crippen LogP contribution in [0.15, 0.2) is 24.3 Å². The van der Waals surface area contributed by atoms with E-state index in [9.17, 15) is 22.8 Å². The van der Waals surface area contributed by atoms with E-state index < -0.39 is 34.8 Å². The molecule has 5 nitrogen and oxygen atoms in total. The molecule has 0 bridgehead atoms. The minimum absolute atomic E-state index is 0.0948. The SMILES string of the molecule is CC(=O)NCC(OC(N)=O)(c1cccc(C(F)(F)F)c1)C(C)(C)C. The van der Waals surface area contributed by atoms with Crippen LogP contribution in [-0.4, -0.2) is 18.5 Å². The second kappa shape index (κ2) is 6.70. The first-order chi connectivity index (χ1) is 10.8. The number of halogens is 3. The minimum Gasteiger partial charge on any atom is -0.436 e. The van der Waals surface area contributed by atoms with Crippen molar-refractivity contribution in [3.05, 3.63) is 35.4 Å². The number of nitrogens with two attached hydrogens (primary N) is 1. The Kier molecular flexibility index (Phi) is 5.53. The lowest BCUT2D eigenvalue weighted by molar-refractivity contribution is -0.138. The van der Waals surface area contributed by atoms with E-state index >= 15 is 0 Å². The number of nitrogens with one attached hydrogen (secondary N) is 1. The Labute approximate surface area is 138 Å². The Morgan fingerprint density at radius 3 is 2.12 bits per heavy atom. The van der Waals surface area contributed by atoms with Crippen LogP contribution in [0, 0.1) is 5.41 Å². The van der Waals surface area contributed by atoms with Crippen LogP contribution >= 0.6 is 0 Å². The molecule has 24 heavy (non-hydrogen) atoms. The van der Waals surface area contributed by atoms with Crippen molar-refractivity contribution in [3.8, 4) is 0 Å². The number of carbonyl (C=O) groups excluding carboxylic acids is 2. The summed E-state index contributed by atoms with van der Waals surface area (Å²) in [5.41, 5.74) is 1.94. The molecule has 0 aliphatic rings. The summed E-state index contributed by atoms with van der Waals surface area (Å²) in [5, 5.41) is 2.50. The molecule has 2 amide bonds. The highest BCUT2D eigenvalue weighted by molar-refractivity contribution is 5.73. The van der Waals surface area contributed by atoms with Gasteiger partial charge in [-0.2, -0.15) is 13.2 Å². The molecule has 0 aliphatic heterocycles. The van der Waals surface area contributed by atoms with Crippen molar-refractivity contribution in [2.45, 2.75) is 39.5 Å². The lowest BCUT2D eigenvalue weighted by atomic mass is 9.71. The number of rotatable bonds is 4. The number of hydrogen-bond acceptors (Lipinski definition) is 3. The summed E-state index contributed by atoms with van der Waals surface area (Å²) in [6.07, 6.45) is -5.70. The van der Waals surface area contributed by atoms with Crippen molar-refractivity contribution in [2.75, 3.05) is 6.54 Å². The number of primary amides is 1. The molecule has 1 rings (SSSR count). The Morgan fingerprint density at radius 1 is 1.17 bits per heavy atom. The predicted molar refractivity (Wildman–Crippen MR) is 81.9 cm³/mol. The Hall–Kier alpha value is -2.25. The quantitative estimate of drug-likeness (QED) is 0.878. The zero-order chi connectivity index (χ0) is 18.8. The zero-order valence-electron chi connectivity index (χ0n) is 14.0. The number of amides is 2. The second-order valence-corrected chi connectivity index (χ2v) is 6.49. The average molecular weight is 346 g/mol. The van der Waals surface area contributed by atoms with Crippen LogP contribution in [0.4, 0.5) is 18.0 Å². The fourth-order valence-corrected chi connectivity index (χ4v) is 2.42. The summed E-state index contributed by atoms with van der Waals surface area (Å²) in [6.45, 7) is 6.08. The van der Waals surface area contributed by atoms with Crippen molar-refractivity contribution >= 4 is 12.0 Å². The maximum atomic E-state index is 13.0. The molecule has 3 N–H and O–H groups in total. The van der Waals surface area contributed by atoms with Crippen LogP contribution < -0.4 is 11.1 Å². The Bertz CT molecular complexity index is 624. The molecule has 0 fully saturated rings. The molecule has 0 saturated heterocycles. The molecular weight excluding hydrogens is 325 g/mol.